The average Bonchev–Trinajstić information content (AvgIpc) is 2.43. The Labute approximate surface area is 128 Å². The van der Waals surface area contributed by atoms with Crippen molar-refractivity contribution in [1.82, 2.24) is 10.2 Å². The molecule has 1 aromatic carbocycles. The van der Waals surface area contributed by atoms with Crippen molar-refractivity contribution >= 4 is 6.03 Å². The van der Waals surface area contributed by atoms with E-state index in [2.05, 4.69) is 17.4 Å². The number of urea groups is 1. The maximum absolute atomic E-state index is 12.2. The summed E-state index contributed by atoms with van der Waals surface area (Å²) in [6.07, 6.45) is 1.33. The van der Waals surface area contributed by atoms with Crippen LogP contribution in [0.2, 0.25) is 0 Å². The van der Waals surface area contributed by atoms with Crippen LogP contribution in [-0.4, -0.2) is 40.8 Å². The van der Waals surface area contributed by atoms with E-state index in [0.29, 0.717) is 6.54 Å². The van der Waals surface area contributed by atoms with Gasteiger partial charge in [-0.15, -0.1) is 0 Å². The van der Waals surface area contributed by atoms with Gasteiger partial charge in [-0.05, 0) is 46.1 Å². The second-order valence-electron chi connectivity index (χ2n) is 5.97. The molecule has 0 spiro atoms. The predicted octanol–water partition coefficient (Wildman–Crippen LogP) is 2.81. The van der Waals surface area contributed by atoms with E-state index in [1.54, 1.807) is 11.8 Å². The maximum atomic E-state index is 12.2. The number of benzene rings is 1. The summed E-state index contributed by atoms with van der Waals surface area (Å²) in [6, 6.07) is 10.3. The van der Waals surface area contributed by atoms with Crippen LogP contribution in [0.15, 0.2) is 30.3 Å². The second-order valence-corrected chi connectivity index (χ2v) is 5.97. The van der Waals surface area contributed by atoms with Crippen LogP contribution in [0, 0.1) is 0 Å². The quantitative estimate of drug-likeness (QED) is 0.812. The van der Waals surface area contributed by atoms with E-state index in [4.69, 9.17) is 0 Å². The van der Waals surface area contributed by atoms with Crippen LogP contribution in [-0.2, 0) is 6.42 Å². The SMILES string of the molecule is CC(O)CN(C(=O)NC(C)CCc1ccccc1)C(C)C. The zero-order valence-electron chi connectivity index (χ0n) is 13.5. The minimum absolute atomic E-state index is 0.0703. The van der Waals surface area contributed by atoms with Crippen molar-refractivity contribution in [2.45, 2.75) is 58.7 Å². The smallest absolute Gasteiger partial charge is 0.317 e. The number of carbonyl (C=O) groups is 1. The molecule has 4 heteroatoms. The highest BCUT2D eigenvalue weighted by molar-refractivity contribution is 5.74. The summed E-state index contributed by atoms with van der Waals surface area (Å²) in [7, 11) is 0. The Hall–Kier alpha value is -1.55. The molecule has 0 aromatic heterocycles. The third-order valence-electron chi connectivity index (χ3n) is 3.42. The minimum atomic E-state index is -0.516. The highest BCUT2D eigenvalue weighted by Crippen LogP contribution is 2.06. The van der Waals surface area contributed by atoms with Gasteiger partial charge in [0.15, 0.2) is 0 Å². The van der Waals surface area contributed by atoms with Crippen LogP contribution in [0.25, 0.3) is 0 Å². The molecular weight excluding hydrogens is 264 g/mol. The Morgan fingerprint density at radius 3 is 2.33 bits per heavy atom. The Kier molecular flexibility index (Phi) is 7.23. The van der Waals surface area contributed by atoms with Gasteiger partial charge in [0.25, 0.3) is 0 Å². The van der Waals surface area contributed by atoms with Gasteiger partial charge in [0.2, 0.25) is 0 Å². The number of hydrogen-bond donors (Lipinski definition) is 2. The van der Waals surface area contributed by atoms with Crippen LogP contribution in [0.5, 0.6) is 0 Å². The van der Waals surface area contributed by atoms with E-state index in [0.717, 1.165) is 12.8 Å². The summed E-state index contributed by atoms with van der Waals surface area (Å²) >= 11 is 0. The van der Waals surface area contributed by atoms with Crippen LogP contribution in [0.3, 0.4) is 0 Å². The number of nitrogens with one attached hydrogen (secondary N) is 1. The molecule has 1 aromatic rings. The largest absolute Gasteiger partial charge is 0.392 e. The number of aliphatic hydroxyl groups excluding tert-OH is 1. The monoisotopic (exact) mass is 292 g/mol. The molecule has 0 aliphatic rings. The first-order valence-corrected chi connectivity index (χ1v) is 7.69. The molecule has 0 heterocycles. The second kappa shape index (κ2) is 8.67. The van der Waals surface area contributed by atoms with E-state index >= 15 is 0 Å². The lowest BCUT2D eigenvalue weighted by atomic mass is 10.1. The number of aryl methyl sites for hydroxylation is 1. The van der Waals surface area contributed by atoms with Gasteiger partial charge in [-0.1, -0.05) is 30.3 Å². The van der Waals surface area contributed by atoms with Crippen LogP contribution < -0.4 is 5.32 Å². The van der Waals surface area contributed by atoms with Crippen molar-refractivity contribution in [2.24, 2.45) is 0 Å². The van der Waals surface area contributed by atoms with Gasteiger partial charge >= 0.3 is 6.03 Å². The Morgan fingerprint density at radius 2 is 1.81 bits per heavy atom. The van der Waals surface area contributed by atoms with Crippen molar-refractivity contribution in [3.63, 3.8) is 0 Å². The molecule has 1 rings (SSSR count). The lowest BCUT2D eigenvalue weighted by Crippen LogP contribution is -2.49. The predicted molar refractivity (Wildman–Crippen MR) is 86.3 cm³/mol. The first-order valence-electron chi connectivity index (χ1n) is 7.69. The summed E-state index contributed by atoms with van der Waals surface area (Å²) in [6.45, 7) is 7.98. The minimum Gasteiger partial charge on any atom is -0.392 e. The van der Waals surface area contributed by atoms with E-state index in [9.17, 15) is 9.90 Å². The third-order valence-corrected chi connectivity index (χ3v) is 3.42. The summed E-state index contributed by atoms with van der Waals surface area (Å²) in [4.78, 5) is 13.9. The first-order chi connectivity index (χ1) is 9.90. The number of rotatable bonds is 7. The lowest BCUT2D eigenvalue weighted by Gasteiger charge is -2.29. The lowest BCUT2D eigenvalue weighted by molar-refractivity contribution is 0.117. The molecule has 2 atom stereocenters. The van der Waals surface area contributed by atoms with Crippen molar-refractivity contribution < 1.29 is 9.90 Å². The topological polar surface area (TPSA) is 52.6 Å². The van der Waals surface area contributed by atoms with Crippen molar-refractivity contribution in [2.75, 3.05) is 6.54 Å². The van der Waals surface area contributed by atoms with Gasteiger partial charge < -0.3 is 15.3 Å². The molecule has 21 heavy (non-hydrogen) atoms. The molecule has 0 saturated heterocycles. The van der Waals surface area contributed by atoms with Crippen LogP contribution >= 0.6 is 0 Å². The fourth-order valence-corrected chi connectivity index (χ4v) is 2.21. The molecule has 4 nitrogen and oxygen atoms in total. The van der Waals surface area contributed by atoms with E-state index in [1.165, 1.54) is 5.56 Å². The molecule has 2 unspecified atom stereocenters. The standard InChI is InChI=1S/C17H28N2O2/c1-13(2)19(12-15(4)20)17(21)18-14(3)10-11-16-8-6-5-7-9-16/h5-9,13-15,20H,10-12H2,1-4H3,(H,18,21). The van der Waals surface area contributed by atoms with E-state index in [1.807, 2.05) is 39.0 Å². The Morgan fingerprint density at radius 1 is 1.19 bits per heavy atom. The molecule has 0 bridgehead atoms. The number of carbonyl (C=O) groups excluding carboxylic acids is 1. The Bertz CT molecular complexity index is 418. The van der Waals surface area contributed by atoms with Crippen LogP contribution in [0.4, 0.5) is 4.79 Å². The van der Waals surface area contributed by atoms with Crippen LogP contribution in [0.1, 0.15) is 39.7 Å². The zero-order valence-corrected chi connectivity index (χ0v) is 13.5. The molecule has 2 N–H and O–H groups in total. The van der Waals surface area contributed by atoms with Crippen molar-refractivity contribution in [3.05, 3.63) is 35.9 Å². The first kappa shape index (κ1) is 17.5. The molecule has 0 radical (unpaired) electrons. The van der Waals surface area contributed by atoms with E-state index < -0.39 is 6.10 Å². The van der Waals surface area contributed by atoms with Gasteiger partial charge in [-0.3, -0.25) is 0 Å². The Balaban J connectivity index is 2.44. The van der Waals surface area contributed by atoms with Gasteiger partial charge in [0.1, 0.15) is 0 Å². The summed E-state index contributed by atoms with van der Waals surface area (Å²) in [5.74, 6) is 0. The molecule has 118 valence electrons. The highest BCUT2D eigenvalue weighted by Gasteiger charge is 2.19. The maximum Gasteiger partial charge on any atom is 0.317 e. The number of aliphatic hydroxyl groups is 1. The number of nitrogens with zero attached hydrogens (tertiary/aromatic N) is 1. The molecular formula is C17H28N2O2. The fraction of sp³-hybridized carbons (Fsp3) is 0.588. The normalized spacial score (nSPS) is 13.8. The highest BCUT2D eigenvalue weighted by atomic mass is 16.3. The number of amides is 2. The van der Waals surface area contributed by atoms with Crippen molar-refractivity contribution in [3.8, 4) is 0 Å². The van der Waals surface area contributed by atoms with Gasteiger partial charge in [0.05, 0.1) is 6.10 Å². The third kappa shape index (κ3) is 6.63. The summed E-state index contributed by atoms with van der Waals surface area (Å²) in [5, 5.41) is 12.5. The molecule has 0 saturated carbocycles. The average molecular weight is 292 g/mol. The molecule has 0 aliphatic heterocycles. The fourth-order valence-electron chi connectivity index (χ4n) is 2.21. The van der Waals surface area contributed by atoms with Crippen molar-refractivity contribution in [1.29, 1.82) is 0 Å². The van der Waals surface area contributed by atoms with E-state index in [-0.39, 0.29) is 18.1 Å². The van der Waals surface area contributed by atoms with Gasteiger partial charge in [-0.25, -0.2) is 4.79 Å². The molecule has 0 fully saturated rings. The zero-order chi connectivity index (χ0) is 15.8. The van der Waals surface area contributed by atoms with Gasteiger partial charge in [-0.2, -0.15) is 0 Å². The summed E-state index contributed by atoms with van der Waals surface area (Å²) in [5.41, 5.74) is 1.28. The summed E-state index contributed by atoms with van der Waals surface area (Å²) < 4.78 is 0. The number of hydrogen-bond acceptors (Lipinski definition) is 2. The van der Waals surface area contributed by atoms with Gasteiger partial charge in [0, 0.05) is 18.6 Å². The molecule has 0 aliphatic carbocycles. The molecule has 2 amide bonds.